The Labute approximate surface area is 101 Å². The predicted octanol–water partition coefficient (Wildman–Crippen LogP) is 3.01. The van der Waals surface area contributed by atoms with E-state index in [1.165, 1.54) is 12.8 Å². The van der Waals surface area contributed by atoms with Crippen LogP contribution in [0.1, 0.15) is 30.1 Å². The van der Waals surface area contributed by atoms with Crippen LogP contribution in [0.25, 0.3) is 0 Å². The summed E-state index contributed by atoms with van der Waals surface area (Å²) in [5.74, 6) is 0.171. The van der Waals surface area contributed by atoms with Gasteiger partial charge in [0.25, 0.3) is 0 Å². The van der Waals surface area contributed by atoms with E-state index in [9.17, 15) is 4.79 Å². The number of carbonyl (C=O) groups is 1. The monoisotopic (exact) mass is 237 g/mol. The third-order valence-corrected chi connectivity index (χ3v) is 3.41. The molecule has 3 heteroatoms. The first-order valence-corrected chi connectivity index (χ1v) is 6.10. The molecule has 0 bridgehead atoms. The van der Waals surface area contributed by atoms with E-state index in [1.54, 1.807) is 12.1 Å². The van der Waals surface area contributed by atoms with Gasteiger partial charge >= 0.3 is 0 Å². The van der Waals surface area contributed by atoms with E-state index < -0.39 is 0 Å². The van der Waals surface area contributed by atoms with Crippen LogP contribution in [0, 0.1) is 0 Å². The zero-order chi connectivity index (χ0) is 11.5. The van der Waals surface area contributed by atoms with Crippen LogP contribution in [0.15, 0.2) is 24.3 Å². The molecule has 1 unspecified atom stereocenters. The average Bonchev–Trinajstić information content (AvgIpc) is 2.80. The number of hydrogen-bond acceptors (Lipinski definition) is 2. The lowest BCUT2D eigenvalue weighted by Gasteiger charge is -2.22. The normalized spacial score (nSPS) is 18.6. The van der Waals surface area contributed by atoms with Crippen LogP contribution in [-0.4, -0.2) is 29.8 Å². The number of nitrogens with zero attached hydrogens (tertiary/aromatic N) is 1. The van der Waals surface area contributed by atoms with Crippen molar-refractivity contribution >= 4 is 17.4 Å². The molecule has 16 heavy (non-hydrogen) atoms. The summed E-state index contributed by atoms with van der Waals surface area (Å²) < 4.78 is 0. The van der Waals surface area contributed by atoms with Gasteiger partial charge < -0.3 is 0 Å². The van der Waals surface area contributed by atoms with Gasteiger partial charge in [0.05, 0.1) is 6.04 Å². The Bertz CT molecular complexity index is 385. The van der Waals surface area contributed by atoms with Crippen molar-refractivity contribution in [2.75, 3.05) is 13.1 Å². The van der Waals surface area contributed by atoms with E-state index in [0.717, 1.165) is 13.1 Å². The second kappa shape index (κ2) is 4.98. The Morgan fingerprint density at radius 3 is 2.69 bits per heavy atom. The Hall–Kier alpha value is -0.860. The van der Waals surface area contributed by atoms with E-state index in [1.807, 2.05) is 19.1 Å². The molecular weight excluding hydrogens is 222 g/mol. The van der Waals surface area contributed by atoms with E-state index in [-0.39, 0.29) is 11.8 Å². The summed E-state index contributed by atoms with van der Waals surface area (Å²) >= 11 is 5.89. The number of carbonyl (C=O) groups excluding carboxylic acids is 1. The molecule has 0 spiro atoms. The highest BCUT2D eigenvalue weighted by molar-refractivity contribution is 6.31. The maximum atomic E-state index is 12.2. The minimum absolute atomic E-state index is 0.0269. The number of rotatable bonds is 3. The second-order valence-corrected chi connectivity index (χ2v) is 4.73. The van der Waals surface area contributed by atoms with Gasteiger partial charge in [0.1, 0.15) is 0 Å². The van der Waals surface area contributed by atoms with Gasteiger partial charge in [-0.15, -0.1) is 0 Å². The van der Waals surface area contributed by atoms with Gasteiger partial charge in [0.2, 0.25) is 0 Å². The van der Waals surface area contributed by atoms with Gasteiger partial charge in [-0.1, -0.05) is 23.7 Å². The van der Waals surface area contributed by atoms with E-state index in [2.05, 4.69) is 4.90 Å². The molecule has 1 atom stereocenters. The maximum absolute atomic E-state index is 12.2. The molecule has 1 saturated heterocycles. The molecule has 0 N–H and O–H groups in total. The van der Waals surface area contributed by atoms with Crippen molar-refractivity contribution in [3.8, 4) is 0 Å². The van der Waals surface area contributed by atoms with Crippen LogP contribution in [-0.2, 0) is 0 Å². The number of hydrogen-bond donors (Lipinski definition) is 0. The second-order valence-electron chi connectivity index (χ2n) is 4.29. The number of likely N-dealkylation sites (tertiary alicyclic amines) is 1. The molecule has 1 aromatic rings. The van der Waals surface area contributed by atoms with Crippen molar-refractivity contribution in [1.82, 2.24) is 4.90 Å². The van der Waals surface area contributed by atoms with Crippen molar-refractivity contribution < 1.29 is 4.79 Å². The van der Waals surface area contributed by atoms with Crippen LogP contribution in [0.5, 0.6) is 0 Å². The average molecular weight is 238 g/mol. The minimum atomic E-state index is -0.0269. The molecule has 0 aromatic heterocycles. The lowest BCUT2D eigenvalue weighted by Crippen LogP contribution is -2.36. The Morgan fingerprint density at radius 2 is 2.06 bits per heavy atom. The topological polar surface area (TPSA) is 20.3 Å². The Kier molecular flexibility index (Phi) is 3.62. The summed E-state index contributed by atoms with van der Waals surface area (Å²) in [5.41, 5.74) is 0.715. The van der Waals surface area contributed by atoms with Crippen LogP contribution < -0.4 is 0 Å². The molecule has 0 radical (unpaired) electrons. The summed E-state index contributed by atoms with van der Waals surface area (Å²) in [6.45, 7) is 4.05. The largest absolute Gasteiger partial charge is 0.294 e. The zero-order valence-electron chi connectivity index (χ0n) is 9.45. The van der Waals surface area contributed by atoms with Gasteiger partial charge in [-0.05, 0) is 45.0 Å². The smallest absolute Gasteiger partial charge is 0.179 e. The molecule has 86 valence electrons. The first-order valence-electron chi connectivity index (χ1n) is 5.72. The molecule has 1 aliphatic rings. The fourth-order valence-corrected chi connectivity index (χ4v) is 2.37. The van der Waals surface area contributed by atoms with Gasteiger partial charge in [-0.3, -0.25) is 9.69 Å². The van der Waals surface area contributed by atoms with Crippen LogP contribution >= 0.6 is 11.6 Å². The molecule has 2 nitrogen and oxygen atoms in total. The van der Waals surface area contributed by atoms with Crippen LogP contribution in [0.4, 0.5) is 0 Å². The molecular formula is C13H16ClNO. The summed E-state index contributed by atoms with van der Waals surface area (Å²) in [7, 11) is 0. The summed E-state index contributed by atoms with van der Waals surface area (Å²) in [6, 6.07) is 7.17. The summed E-state index contributed by atoms with van der Waals surface area (Å²) in [5, 5.41) is 0.625. The number of ketones is 1. The molecule has 1 fully saturated rings. The minimum Gasteiger partial charge on any atom is -0.294 e. The molecule has 0 saturated carbocycles. The molecule has 0 aliphatic carbocycles. The lowest BCUT2D eigenvalue weighted by atomic mass is 10.0. The molecule has 1 heterocycles. The number of Topliss-reactive ketones (excluding diaryl/α,β-unsaturated/α-hetero) is 1. The van der Waals surface area contributed by atoms with Gasteiger partial charge in [0, 0.05) is 10.6 Å². The van der Waals surface area contributed by atoms with Crippen molar-refractivity contribution in [3.05, 3.63) is 34.9 Å². The quantitative estimate of drug-likeness (QED) is 0.754. The first kappa shape index (κ1) is 11.6. The van der Waals surface area contributed by atoms with Crippen LogP contribution in [0.3, 0.4) is 0 Å². The summed E-state index contributed by atoms with van der Waals surface area (Å²) in [4.78, 5) is 14.4. The molecule has 2 rings (SSSR count). The Balaban J connectivity index is 2.12. The van der Waals surface area contributed by atoms with E-state index in [0.29, 0.717) is 10.6 Å². The van der Waals surface area contributed by atoms with Crippen LogP contribution in [0.2, 0.25) is 5.02 Å². The molecule has 1 aliphatic heterocycles. The Morgan fingerprint density at radius 1 is 1.38 bits per heavy atom. The van der Waals surface area contributed by atoms with Gasteiger partial charge in [-0.2, -0.15) is 0 Å². The fourth-order valence-electron chi connectivity index (χ4n) is 2.18. The van der Waals surface area contributed by atoms with E-state index >= 15 is 0 Å². The van der Waals surface area contributed by atoms with Crippen molar-refractivity contribution in [3.63, 3.8) is 0 Å². The highest BCUT2D eigenvalue weighted by atomic mass is 35.5. The SMILES string of the molecule is CC(C(=O)c1cccc(Cl)c1)N1CCCC1. The van der Waals surface area contributed by atoms with Crippen molar-refractivity contribution in [1.29, 1.82) is 0 Å². The predicted molar refractivity (Wildman–Crippen MR) is 66.1 cm³/mol. The van der Waals surface area contributed by atoms with Gasteiger partial charge in [-0.25, -0.2) is 0 Å². The maximum Gasteiger partial charge on any atom is 0.179 e. The zero-order valence-corrected chi connectivity index (χ0v) is 10.2. The van der Waals surface area contributed by atoms with Crippen molar-refractivity contribution in [2.45, 2.75) is 25.8 Å². The summed E-state index contributed by atoms with van der Waals surface area (Å²) in [6.07, 6.45) is 2.40. The fraction of sp³-hybridized carbons (Fsp3) is 0.462. The number of halogens is 1. The lowest BCUT2D eigenvalue weighted by molar-refractivity contribution is 0.0867. The standard InChI is InChI=1S/C13H16ClNO/c1-10(15-7-2-3-8-15)13(16)11-5-4-6-12(14)9-11/h4-6,9-10H,2-3,7-8H2,1H3. The number of benzene rings is 1. The highest BCUT2D eigenvalue weighted by Gasteiger charge is 2.24. The highest BCUT2D eigenvalue weighted by Crippen LogP contribution is 2.17. The van der Waals surface area contributed by atoms with Crippen molar-refractivity contribution in [2.24, 2.45) is 0 Å². The third kappa shape index (κ3) is 2.45. The van der Waals surface area contributed by atoms with E-state index in [4.69, 9.17) is 11.6 Å². The first-order chi connectivity index (χ1) is 7.68. The third-order valence-electron chi connectivity index (χ3n) is 3.18. The molecule has 1 aromatic carbocycles. The van der Waals surface area contributed by atoms with Gasteiger partial charge in [0.15, 0.2) is 5.78 Å². The molecule has 0 amide bonds.